The van der Waals surface area contributed by atoms with E-state index >= 15 is 0 Å². The lowest BCUT2D eigenvalue weighted by atomic mass is 10.0. The fourth-order valence-corrected chi connectivity index (χ4v) is 2.55. The first-order valence-corrected chi connectivity index (χ1v) is 7.65. The molecule has 2 nitrogen and oxygen atoms in total. The fourth-order valence-electron chi connectivity index (χ4n) is 2.13. The summed E-state index contributed by atoms with van der Waals surface area (Å²) in [6.07, 6.45) is 3.51. The minimum atomic E-state index is 0.622. The molecule has 0 fully saturated rings. The second kappa shape index (κ2) is 5.96. The molecule has 104 valence electrons. The van der Waals surface area contributed by atoms with E-state index in [0.29, 0.717) is 5.02 Å². The van der Waals surface area contributed by atoms with Gasteiger partial charge in [-0.1, -0.05) is 39.7 Å². The van der Waals surface area contributed by atoms with Gasteiger partial charge in [-0.2, -0.15) is 0 Å². The number of halogens is 2. The normalized spacial score (nSPS) is 10.6. The van der Waals surface area contributed by atoms with Crippen LogP contribution >= 0.6 is 27.5 Å². The molecule has 2 heterocycles. The van der Waals surface area contributed by atoms with Gasteiger partial charge in [0.05, 0.1) is 10.7 Å². The van der Waals surface area contributed by atoms with E-state index in [1.54, 1.807) is 6.20 Å². The lowest BCUT2D eigenvalue weighted by molar-refractivity contribution is 1.19. The van der Waals surface area contributed by atoms with Crippen LogP contribution in [0.2, 0.25) is 5.02 Å². The molecule has 0 atom stereocenters. The van der Waals surface area contributed by atoms with Crippen molar-refractivity contribution in [2.24, 2.45) is 0 Å². The molecule has 2 aromatic heterocycles. The van der Waals surface area contributed by atoms with Gasteiger partial charge in [0.1, 0.15) is 0 Å². The van der Waals surface area contributed by atoms with E-state index in [9.17, 15) is 0 Å². The average molecular weight is 360 g/mol. The van der Waals surface area contributed by atoms with Crippen molar-refractivity contribution in [3.05, 3.63) is 70.0 Å². The van der Waals surface area contributed by atoms with Crippen LogP contribution in [0.1, 0.15) is 5.69 Å². The monoisotopic (exact) mass is 358 g/mol. The van der Waals surface area contributed by atoms with Gasteiger partial charge >= 0.3 is 0 Å². The predicted molar refractivity (Wildman–Crippen MR) is 90.4 cm³/mol. The first-order chi connectivity index (χ1) is 10.1. The summed E-state index contributed by atoms with van der Waals surface area (Å²) >= 11 is 9.58. The van der Waals surface area contributed by atoms with Crippen molar-refractivity contribution in [1.29, 1.82) is 0 Å². The van der Waals surface area contributed by atoms with Crippen LogP contribution in [0, 0.1) is 6.92 Å². The number of hydrogen-bond donors (Lipinski definition) is 0. The fraction of sp³-hybridized carbons (Fsp3) is 0.0588. The summed E-state index contributed by atoms with van der Waals surface area (Å²) in [4.78, 5) is 8.84. The highest BCUT2D eigenvalue weighted by atomic mass is 79.9. The van der Waals surface area contributed by atoms with Crippen LogP contribution in [-0.2, 0) is 0 Å². The topological polar surface area (TPSA) is 25.8 Å². The van der Waals surface area contributed by atoms with E-state index in [0.717, 1.165) is 32.6 Å². The zero-order chi connectivity index (χ0) is 14.8. The molecule has 0 N–H and O–H groups in total. The highest BCUT2D eigenvalue weighted by Gasteiger charge is 2.10. The summed E-state index contributed by atoms with van der Waals surface area (Å²) in [6, 6.07) is 14.1. The summed E-state index contributed by atoms with van der Waals surface area (Å²) in [7, 11) is 0. The summed E-state index contributed by atoms with van der Waals surface area (Å²) in [5.74, 6) is 0. The van der Waals surface area contributed by atoms with E-state index < -0.39 is 0 Å². The van der Waals surface area contributed by atoms with Crippen molar-refractivity contribution in [3.8, 4) is 22.4 Å². The van der Waals surface area contributed by atoms with Gasteiger partial charge in [-0.3, -0.25) is 9.97 Å². The molecule has 0 spiro atoms. The van der Waals surface area contributed by atoms with Crippen molar-refractivity contribution < 1.29 is 0 Å². The molecule has 0 aliphatic rings. The van der Waals surface area contributed by atoms with E-state index in [2.05, 4.69) is 25.9 Å². The maximum atomic E-state index is 6.12. The molecule has 21 heavy (non-hydrogen) atoms. The van der Waals surface area contributed by atoms with E-state index in [1.165, 1.54) is 0 Å². The first kappa shape index (κ1) is 14.2. The molecule has 3 rings (SSSR count). The van der Waals surface area contributed by atoms with Crippen molar-refractivity contribution in [3.63, 3.8) is 0 Å². The van der Waals surface area contributed by atoms with E-state index in [-0.39, 0.29) is 0 Å². The number of aromatic nitrogens is 2. The number of rotatable bonds is 2. The SMILES string of the molecule is Cc1ccc(-c2ncc(Cl)cc2-c2ccc(Br)cc2)cn1. The Labute approximate surface area is 137 Å². The van der Waals surface area contributed by atoms with Gasteiger partial charge in [0.25, 0.3) is 0 Å². The first-order valence-electron chi connectivity index (χ1n) is 6.48. The largest absolute Gasteiger partial charge is 0.261 e. The lowest BCUT2D eigenvalue weighted by Crippen LogP contribution is -1.91. The molecule has 0 saturated heterocycles. The lowest BCUT2D eigenvalue weighted by Gasteiger charge is -2.10. The number of nitrogens with zero attached hydrogens (tertiary/aromatic N) is 2. The van der Waals surface area contributed by atoms with Crippen molar-refractivity contribution in [2.75, 3.05) is 0 Å². The maximum Gasteiger partial charge on any atom is 0.0796 e. The van der Waals surface area contributed by atoms with Crippen LogP contribution in [0.3, 0.4) is 0 Å². The highest BCUT2D eigenvalue weighted by Crippen LogP contribution is 2.32. The van der Waals surface area contributed by atoms with E-state index in [4.69, 9.17) is 11.6 Å². The molecule has 0 bridgehead atoms. The number of aryl methyl sites for hydroxylation is 1. The highest BCUT2D eigenvalue weighted by molar-refractivity contribution is 9.10. The Morgan fingerprint density at radius 3 is 2.29 bits per heavy atom. The van der Waals surface area contributed by atoms with Gasteiger partial charge in [0.2, 0.25) is 0 Å². The summed E-state index contributed by atoms with van der Waals surface area (Å²) in [5.41, 5.74) is 4.92. The molecule has 0 aliphatic carbocycles. The van der Waals surface area contributed by atoms with Crippen molar-refractivity contribution in [2.45, 2.75) is 6.92 Å². The Morgan fingerprint density at radius 2 is 1.62 bits per heavy atom. The molecular weight excluding hydrogens is 348 g/mol. The Kier molecular flexibility index (Phi) is 4.04. The molecular formula is C17H12BrClN2. The minimum absolute atomic E-state index is 0.622. The van der Waals surface area contributed by atoms with Gasteiger partial charge in [-0.25, -0.2) is 0 Å². The minimum Gasteiger partial charge on any atom is -0.261 e. The maximum absolute atomic E-state index is 6.12. The zero-order valence-electron chi connectivity index (χ0n) is 11.3. The van der Waals surface area contributed by atoms with Gasteiger partial charge < -0.3 is 0 Å². The Bertz CT molecular complexity index is 768. The summed E-state index contributed by atoms with van der Waals surface area (Å²) in [6.45, 7) is 1.97. The van der Waals surface area contributed by atoms with Crippen LogP contribution < -0.4 is 0 Å². The van der Waals surface area contributed by atoms with Crippen LogP contribution in [0.5, 0.6) is 0 Å². The molecule has 0 radical (unpaired) electrons. The smallest absolute Gasteiger partial charge is 0.0796 e. The molecule has 3 aromatic rings. The Balaban J connectivity index is 2.17. The van der Waals surface area contributed by atoms with Crippen LogP contribution in [-0.4, -0.2) is 9.97 Å². The van der Waals surface area contributed by atoms with Gasteiger partial charge in [0.15, 0.2) is 0 Å². The predicted octanol–water partition coefficient (Wildman–Crippen LogP) is 5.53. The summed E-state index contributed by atoms with van der Waals surface area (Å²) < 4.78 is 1.04. The standard InChI is InChI=1S/C17H12BrClN2/c1-11-2-3-13(9-20-11)17-16(8-15(19)10-21-17)12-4-6-14(18)7-5-12/h2-10H,1H3. The van der Waals surface area contributed by atoms with Crippen LogP contribution in [0.15, 0.2) is 59.3 Å². The number of hydrogen-bond acceptors (Lipinski definition) is 2. The van der Waals surface area contributed by atoms with Crippen molar-refractivity contribution >= 4 is 27.5 Å². The van der Waals surface area contributed by atoms with Crippen molar-refractivity contribution in [1.82, 2.24) is 9.97 Å². The molecule has 0 saturated carbocycles. The quantitative estimate of drug-likeness (QED) is 0.601. The number of benzene rings is 1. The number of pyridine rings is 2. The third-order valence-corrected chi connectivity index (χ3v) is 3.93. The molecule has 1 aromatic carbocycles. The third-order valence-electron chi connectivity index (χ3n) is 3.19. The van der Waals surface area contributed by atoms with Gasteiger partial charge in [0, 0.05) is 33.7 Å². The molecule has 0 aliphatic heterocycles. The van der Waals surface area contributed by atoms with E-state index in [1.807, 2.05) is 55.6 Å². The van der Waals surface area contributed by atoms with Crippen LogP contribution in [0.4, 0.5) is 0 Å². The van der Waals surface area contributed by atoms with Gasteiger partial charge in [-0.15, -0.1) is 0 Å². The molecule has 0 unspecified atom stereocenters. The second-order valence-corrected chi connectivity index (χ2v) is 6.10. The Morgan fingerprint density at radius 1 is 0.905 bits per heavy atom. The Hall–Kier alpha value is -1.71. The molecule has 4 heteroatoms. The van der Waals surface area contributed by atoms with Crippen LogP contribution in [0.25, 0.3) is 22.4 Å². The molecule has 0 amide bonds. The zero-order valence-corrected chi connectivity index (χ0v) is 13.7. The third kappa shape index (κ3) is 3.14. The average Bonchev–Trinajstić information content (AvgIpc) is 2.49. The summed E-state index contributed by atoms with van der Waals surface area (Å²) in [5, 5.41) is 0.622. The van der Waals surface area contributed by atoms with Gasteiger partial charge in [-0.05, 0) is 42.8 Å². The second-order valence-electron chi connectivity index (χ2n) is 4.74.